The number of nitrogens with one attached hydrogen (secondary N) is 2. The van der Waals surface area contributed by atoms with Crippen LogP contribution in [0.4, 0.5) is 21.2 Å². The molecule has 0 aliphatic carbocycles. The maximum absolute atomic E-state index is 11.5. The summed E-state index contributed by atoms with van der Waals surface area (Å²) in [6.45, 7) is 0.821. The first-order valence-corrected chi connectivity index (χ1v) is 5.97. The number of aromatic nitrogens is 3. The lowest BCUT2D eigenvalue weighted by Gasteiger charge is -2.10. The Hall–Kier alpha value is -2.84. The van der Waals surface area contributed by atoms with Crippen LogP contribution in [-0.4, -0.2) is 46.9 Å². The van der Waals surface area contributed by atoms with Crippen LogP contribution >= 0.6 is 0 Å². The predicted molar refractivity (Wildman–Crippen MR) is 69.8 cm³/mol. The van der Waals surface area contributed by atoms with Gasteiger partial charge in [0, 0.05) is 7.05 Å². The van der Waals surface area contributed by atoms with Gasteiger partial charge in [0.05, 0.1) is 12.7 Å². The van der Waals surface area contributed by atoms with Gasteiger partial charge in [0.2, 0.25) is 0 Å². The van der Waals surface area contributed by atoms with E-state index in [0.717, 1.165) is 0 Å². The van der Waals surface area contributed by atoms with E-state index >= 15 is 0 Å². The summed E-state index contributed by atoms with van der Waals surface area (Å²) in [6, 6.07) is 3.03. The van der Waals surface area contributed by atoms with Gasteiger partial charge in [-0.1, -0.05) is 0 Å². The second-order valence-electron chi connectivity index (χ2n) is 4.09. The lowest BCUT2D eigenvalue weighted by atomic mass is 10.4. The Morgan fingerprint density at radius 2 is 2.30 bits per heavy atom. The third kappa shape index (κ3) is 2.09. The minimum absolute atomic E-state index is 0.353. The van der Waals surface area contributed by atoms with Gasteiger partial charge in [-0.15, -0.1) is 5.10 Å². The van der Waals surface area contributed by atoms with Crippen LogP contribution < -0.4 is 15.5 Å². The zero-order valence-electron chi connectivity index (χ0n) is 10.7. The third-order valence-corrected chi connectivity index (χ3v) is 2.81. The molecule has 0 aromatic carbocycles. The summed E-state index contributed by atoms with van der Waals surface area (Å²) in [5, 5.41) is 9.25. The standard InChI is InChI=1S/C11H12N6O3/c1-12-10(18)14-7-6-17-8(13-7)2-3-9(15-17)16-4-5-20-11(16)19/h2-3,6H,4-5H2,1H3,(H2,12,14,18). The molecule has 9 nitrogen and oxygen atoms in total. The summed E-state index contributed by atoms with van der Waals surface area (Å²) in [7, 11) is 1.51. The number of urea groups is 1. The van der Waals surface area contributed by atoms with Crippen molar-refractivity contribution < 1.29 is 14.3 Å². The summed E-state index contributed by atoms with van der Waals surface area (Å²) in [6.07, 6.45) is 1.15. The van der Waals surface area contributed by atoms with Crippen LogP contribution in [0.1, 0.15) is 0 Å². The Balaban J connectivity index is 1.91. The van der Waals surface area contributed by atoms with Crippen molar-refractivity contribution in [2.75, 3.05) is 30.4 Å². The van der Waals surface area contributed by atoms with Crippen molar-refractivity contribution >= 4 is 29.4 Å². The van der Waals surface area contributed by atoms with Crippen molar-refractivity contribution in [1.29, 1.82) is 0 Å². The van der Waals surface area contributed by atoms with Gasteiger partial charge in [-0.25, -0.2) is 19.1 Å². The summed E-state index contributed by atoms with van der Waals surface area (Å²) in [5.41, 5.74) is 0.563. The smallest absolute Gasteiger partial charge is 0.415 e. The van der Waals surface area contributed by atoms with Crippen molar-refractivity contribution in [3.05, 3.63) is 18.3 Å². The zero-order chi connectivity index (χ0) is 14.1. The molecule has 2 aromatic heterocycles. The molecule has 9 heteroatoms. The van der Waals surface area contributed by atoms with Crippen LogP contribution in [0.5, 0.6) is 0 Å². The number of ether oxygens (including phenoxy) is 1. The number of carbonyl (C=O) groups is 2. The van der Waals surface area contributed by atoms with Crippen LogP contribution in [0.2, 0.25) is 0 Å². The molecule has 0 spiro atoms. The minimum atomic E-state index is -0.416. The van der Waals surface area contributed by atoms with E-state index in [2.05, 4.69) is 20.7 Å². The number of hydrogen-bond donors (Lipinski definition) is 2. The first kappa shape index (κ1) is 12.2. The van der Waals surface area contributed by atoms with E-state index in [1.54, 1.807) is 18.3 Å². The van der Waals surface area contributed by atoms with Gasteiger partial charge in [0.25, 0.3) is 0 Å². The van der Waals surface area contributed by atoms with Crippen molar-refractivity contribution in [3.8, 4) is 0 Å². The molecule has 104 valence electrons. The molecule has 1 fully saturated rings. The van der Waals surface area contributed by atoms with Gasteiger partial charge in [-0.05, 0) is 12.1 Å². The topological polar surface area (TPSA) is 101 Å². The lowest BCUT2D eigenvalue weighted by Crippen LogP contribution is -2.25. The molecule has 2 aromatic rings. The number of fused-ring (bicyclic) bond motifs is 1. The molecule has 1 aliphatic heterocycles. The first-order valence-electron chi connectivity index (χ1n) is 5.97. The van der Waals surface area contributed by atoms with Crippen LogP contribution in [0, 0.1) is 0 Å². The lowest BCUT2D eigenvalue weighted by molar-refractivity contribution is 0.181. The predicted octanol–water partition coefficient (Wildman–Crippen LogP) is 0.437. The number of rotatable bonds is 2. The summed E-state index contributed by atoms with van der Waals surface area (Å²) in [4.78, 5) is 28.3. The molecule has 0 atom stereocenters. The Labute approximate surface area is 113 Å². The fourth-order valence-electron chi connectivity index (χ4n) is 1.86. The van der Waals surface area contributed by atoms with Crippen molar-refractivity contribution in [3.63, 3.8) is 0 Å². The molecule has 0 radical (unpaired) electrons. The molecule has 1 saturated heterocycles. The van der Waals surface area contributed by atoms with Crippen LogP contribution in [0.25, 0.3) is 5.65 Å². The second-order valence-corrected chi connectivity index (χ2v) is 4.09. The molecular weight excluding hydrogens is 264 g/mol. The van der Waals surface area contributed by atoms with Crippen LogP contribution in [0.15, 0.2) is 18.3 Å². The van der Waals surface area contributed by atoms with Gasteiger partial charge in [-0.3, -0.25) is 10.2 Å². The maximum atomic E-state index is 11.5. The van der Waals surface area contributed by atoms with Crippen molar-refractivity contribution in [2.24, 2.45) is 0 Å². The van der Waals surface area contributed by atoms with Crippen LogP contribution in [-0.2, 0) is 4.74 Å². The Bertz CT molecular complexity index is 682. The number of hydrogen-bond acceptors (Lipinski definition) is 5. The molecule has 3 amide bonds. The molecule has 3 rings (SSSR count). The number of cyclic esters (lactones) is 1. The van der Waals surface area contributed by atoms with Gasteiger partial charge in [0.15, 0.2) is 17.3 Å². The largest absolute Gasteiger partial charge is 0.447 e. The highest BCUT2D eigenvalue weighted by atomic mass is 16.6. The second kappa shape index (κ2) is 4.68. The van der Waals surface area contributed by atoms with Gasteiger partial charge in [0.1, 0.15) is 6.61 Å². The van der Waals surface area contributed by atoms with E-state index < -0.39 is 6.09 Å². The van der Waals surface area contributed by atoms with E-state index in [4.69, 9.17) is 4.74 Å². The van der Waals surface area contributed by atoms with E-state index in [1.807, 2.05) is 0 Å². The van der Waals surface area contributed by atoms with E-state index in [1.165, 1.54) is 16.5 Å². The summed E-state index contributed by atoms with van der Waals surface area (Å²) in [5.74, 6) is 0.849. The molecule has 1 aliphatic rings. The number of amides is 3. The first-order chi connectivity index (χ1) is 9.67. The molecular formula is C11H12N6O3. The van der Waals surface area contributed by atoms with E-state index in [-0.39, 0.29) is 6.03 Å². The van der Waals surface area contributed by atoms with Crippen LogP contribution in [0.3, 0.4) is 0 Å². The Morgan fingerprint density at radius 3 is 3.00 bits per heavy atom. The van der Waals surface area contributed by atoms with Crippen molar-refractivity contribution in [2.45, 2.75) is 0 Å². The van der Waals surface area contributed by atoms with Gasteiger partial charge < -0.3 is 10.1 Å². The molecule has 0 saturated carbocycles. The zero-order valence-corrected chi connectivity index (χ0v) is 10.7. The van der Waals surface area contributed by atoms with Crippen molar-refractivity contribution in [1.82, 2.24) is 19.9 Å². The average molecular weight is 276 g/mol. The maximum Gasteiger partial charge on any atom is 0.415 e. The molecule has 0 bridgehead atoms. The summed E-state index contributed by atoms with van der Waals surface area (Å²) >= 11 is 0. The summed E-state index contributed by atoms with van der Waals surface area (Å²) < 4.78 is 6.35. The van der Waals surface area contributed by atoms with E-state index in [9.17, 15) is 9.59 Å². The minimum Gasteiger partial charge on any atom is -0.447 e. The average Bonchev–Trinajstić information content (AvgIpc) is 3.03. The normalized spacial score (nSPS) is 14.4. The SMILES string of the molecule is CNC(=O)Nc1cn2nc(N3CCOC3=O)ccc2n1. The molecule has 0 unspecified atom stereocenters. The third-order valence-electron chi connectivity index (χ3n) is 2.81. The number of nitrogens with zero attached hydrogens (tertiary/aromatic N) is 4. The monoisotopic (exact) mass is 276 g/mol. The highest BCUT2D eigenvalue weighted by Gasteiger charge is 2.25. The van der Waals surface area contributed by atoms with Gasteiger partial charge >= 0.3 is 12.1 Å². The molecule has 3 heterocycles. The Morgan fingerprint density at radius 1 is 1.45 bits per heavy atom. The molecule has 2 N–H and O–H groups in total. The highest BCUT2D eigenvalue weighted by Crippen LogP contribution is 2.17. The molecule has 20 heavy (non-hydrogen) atoms. The number of carbonyl (C=O) groups excluding carboxylic acids is 2. The van der Waals surface area contributed by atoms with E-state index in [0.29, 0.717) is 30.4 Å². The number of imidazole rings is 1. The quantitative estimate of drug-likeness (QED) is 0.828. The fourth-order valence-corrected chi connectivity index (χ4v) is 1.86. The highest BCUT2D eigenvalue weighted by molar-refractivity contribution is 5.89. The number of anilines is 2. The van der Waals surface area contributed by atoms with Gasteiger partial charge in [-0.2, -0.15) is 0 Å². The fraction of sp³-hybridized carbons (Fsp3) is 0.273. The Kier molecular flexibility index (Phi) is 2.86.